The van der Waals surface area contributed by atoms with Crippen LogP contribution in [0.4, 0.5) is 0 Å². The Hall–Kier alpha value is -7.06. The van der Waals surface area contributed by atoms with Gasteiger partial charge in [0.1, 0.15) is 92.3 Å². The highest BCUT2D eigenvalue weighted by Gasteiger charge is 2.44. The Morgan fingerprint density at radius 2 is 0.440 bits per heavy atom. The van der Waals surface area contributed by atoms with Crippen molar-refractivity contribution in [2.24, 2.45) is 23.7 Å². The topological polar surface area (TPSA) is 245 Å². The molecule has 4 heterocycles. The molecule has 0 fully saturated rings. The van der Waals surface area contributed by atoms with Gasteiger partial charge in [0.05, 0.1) is 23.7 Å². The van der Waals surface area contributed by atoms with Gasteiger partial charge in [-0.2, -0.15) is 0 Å². The first-order chi connectivity index (χ1) is 47.6. The summed E-state index contributed by atoms with van der Waals surface area (Å²) in [5.41, 5.74) is 8.22. The predicted octanol–water partition coefficient (Wildman–Crippen LogP) is 15.1. The van der Waals surface area contributed by atoms with Gasteiger partial charge in [-0.15, -0.1) is 0 Å². The van der Waals surface area contributed by atoms with Crippen molar-refractivity contribution in [3.8, 4) is 46.0 Å². The number of hydrogen-bond donors (Lipinski definition) is 0. The molecule has 4 aromatic rings. The Kier molecular flexibility index (Phi) is 29.9. The van der Waals surface area contributed by atoms with Crippen LogP contribution in [-0.2, 0) is 85.6 Å². The molecule has 4 aromatic carbocycles. The summed E-state index contributed by atoms with van der Waals surface area (Å²) in [5, 5.41) is 0. The molecular weight excluding hydrogens is 1310 g/mol. The molecule has 1 aliphatic carbocycles. The summed E-state index contributed by atoms with van der Waals surface area (Å²) >= 11 is 0. The zero-order valence-electron chi connectivity index (χ0n) is 62.1. The number of ketones is 8. The van der Waals surface area contributed by atoms with Crippen LogP contribution in [0.2, 0.25) is 0 Å². The summed E-state index contributed by atoms with van der Waals surface area (Å²) in [6, 6.07) is 8.78. The average molecular weight is 1420 g/mol. The van der Waals surface area contributed by atoms with E-state index in [1.54, 1.807) is 25.0 Å². The van der Waals surface area contributed by atoms with Crippen molar-refractivity contribution < 1.29 is 84.7 Å². The van der Waals surface area contributed by atoms with E-state index in [1.165, 1.54) is 55.4 Å². The number of ether oxygens (including phenoxy) is 8. The third kappa shape index (κ3) is 19.0. The van der Waals surface area contributed by atoms with E-state index in [4.69, 9.17) is 37.9 Å². The smallest absolute Gasteiger partial charge is 0.230 e. The fourth-order valence-electron chi connectivity index (χ4n) is 15.2. The van der Waals surface area contributed by atoms with Gasteiger partial charge in [0.15, 0.2) is 0 Å². The lowest BCUT2D eigenvalue weighted by Crippen LogP contribution is -2.29. The molecule has 0 atom stereocenters. The SMILES string of the molecule is CCCCCC1c2cc3c4c(CC(C(C)=O)C(C)=O)c2OCOc2c1cc1c(c2CC(C(C)=O)C(C)=O)OCOc2c(cc5c(c2CC(C(C)=O)C(C)=O)OCOc2c(cc(c(c2CC(C(C)=O)C(C)=O)OCO4)C3CCCCC)C5CCCCC)C1CCCCC.CS(C)=O.CS(C)=O. The van der Waals surface area contributed by atoms with Gasteiger partial charge in [-0.1, -0.05) is 105 Å². The van der Waals surface area contributed by atoms with E-state index >= 15 is 0 Å². The summed E-state index contributed by atoms with van der Waals surface area (Å²) in [6.45, 7) is 18.5. The maximum absolute atomic E-state index is 13.9. The molecule has 4 aliphatic heterocycles. The van der Waals surface area contributed by atoms with Crippen molar-refractivity contribution >= 4 is 67.9 Å². The summed E-state index contributed by atoms with van der Waals surface area (Å²) in [6.07, 6.45) is 18.5. The molecule has 0 amide bonds. The monoisotopic (exact) mass is 1420 g/mol. The first-order valence-electron chi connectivity index (χ1n) is 36.0. The third-order valence-electron chi connectivity index (χ3n) is 20.1. The third-order valence-corrected chi connectivity index (χ3v) is 20.1. The Bertz CT molecular complexity index is 3080. The summed E-state index contributed by atoms with van der Waals surface area (Å²) in [7, 11) is -1.22. The zero-order valence-corrected chi connectivity index (χ0v) is 63.7. The van der Waals surface area contributed by atoms with E-state index in [2.05, 4.69) is 52.0 Å². The van der Waals surface area contributed by atoms with Crippen molar-refractivity contribution in [1.29, 1.82) is 0 Å². The molecule has 8 bridgehead atoms. The molecule has 0 saturated heterocycles. The highest BCUT2D eigenvalue weighted by molar-refractivity contribution is 7.83. The van der Waals surface area contributed by atoms with Gasteiger partial charge in [-0.25, -0.2) is 0 Å². The van der Waals surface area contributed by atoms with E-state index in [-0.39, 0.29) is 99.1 Å². The molecule has 548 valence electrons. The molecule has 5 aliphatic rings. The lowest BCUT2D eigenvalue weighted by molar-refractivity contribution is -0.131. The first-order valence-corrected chi connectivity index (χ1v) is 39.9. The van der Waals surface area contributed by atoms with Gasteiger partial charge >= 0.3 is 0 Å². The molecule has 0 saturated carbocycles. The predicted molar refractivity (Wildman–Crippen MR) is 388 cm³/mol. The van der Waals surface area contributed by atoms with Crippen molar-refractivity contribution in [1.82, 2.24) is 0 Å². The average Bonchev–Trinajstić information content (AvgIpc) is 0.723. The van der Waals surface area contributed by atoms with Gasteiger partial charge in [-0.05, 0) is 131 Å². The number of benzene rings is 4. The van der Waals surface area contributed by atoms with Crippen molar-refractivity contribution in [3.63, 3.8) is 0 Å². The molecule has 0 unspecified atom stereocenters. The largest absolute Gasteiger partial charge is 0.457 e. The highest BCUT2D eigenvalue weighted by Crippen LogP contribution is 2.59. The van der Waals surface area contributed by atoms with Gasteiger partial charge in [0, 0.05) is 137 Å². The van der Waals surface area contributed by atoms with Crippen LogP contribution in [-0.4, -0.2) is 107 Å². The molecule has 20 heteroatoms. The van der Waals surface area contributed by atoms with Crippen LogP contribution >= 0.6 is 0 Å². The number of carbonyl (C=O) groups excluding carboxylic acids is 8. The number of carbonyl (C=O) groups is 8. The Balaban J connectivity index is 0.00000166. The molecule has 0 N–H and O–H groups in total. The second-order valence-electron chi connectivity index (χ2n) is 28.0. The lowest BCUT2D eigenvalue weighted by Gasteiger charge is -2.38. The zero-order chi connectivity index (χ0) is 73.4. The summed E-state index contributed by atoms with van der Waals surface area (Å²) < 4.78 is 75.5. The van der Waals surface area contributed by atoms with Gasteiger partial charge < -0.3 is 37.9 Å². The number of unbranched alkanes of at least 4 members (excludes halogenated alkanes) is 8. The fraction of sp³-hybridized carbons (Fsp3) is 0.600. The second kappa shape index (κ2) is 37.2. The molecule has 0 radical (unpaired) electrons. The maximum Gasteiger partial charge on any atom is 0.230 e. The first kappa shape index (κ1) is 80.3. The lowest BCUT2D eigenvalue weighted by atomic mass is 9.73. The summed E-state index contributed by atoms with van der Waals surface area (Å²) in [5.74, 6) is -5.78. The minimum absolute atomic E-state index is 0.0702. The Labute approximate surface area is 597 Å². The van der Waals surface area contributed by atoms with Crippen LogP contribution < -0.4 is 37.9 Å². The van der Waals surface area contributed by atoms with Crippen LogP contribution in [0.15, 0.2) is 24.3 Å². The standard InChI is InChI=1S/C76H96O16.2C2H6OS/c1-13-17-21-25-49-57-33-59-50(26-22-18-14-2)61-35-63-52(28-24-20-16-4)64-36-62-51(27-23-19-15-3)60-34-58(49)70-66(30-54(43(7)79)44(8)80)72(60)88-39-90-74(62)68(32-56(47(11)83)48(12)84)76(64)92-40-91-75(63)67(31-55(45(9)81)46(10)82)73(61)89-38-87-71(59)65(69(57)85-37-86-70)29-53(41(5)77)42(6)78;2*1-4(2)3/h33-36,49-56H,13-32,37-40H2,1-12H3;2*1-2H3. The second-order valence-corrected chi connectivity index (χ2v) is 30.9. The molecule has 0 spiro atoms. The van der Waals surface area contributed by atoms with Crippen molar-refractivity contribution in [2.45, 2.75) is 235 Å². The van der Waals surface area contributed by atoms with Gasteiger partial charge in [0.2, 0.25) is 27.2 Å². The number of Topliss-reactive ketones (excluding diaryl/α,β-unsaturated/α-hetero) is 8. The molecule has 100 heavy (non-hydrogen) atoms. The molecular formula is C80H108O18S2. The maximum atomic E-state index is 13.9. The van der Waals surface area contributed by atoms with Gasteiger partial charge in [-0.3, -0.25) is 46.8 Å². The number of hydrogen-bond acceptors (Lipinski definition) is 18. The van der Waals surface area contributed by atoms with Crippen molar-refractivity contribution in [3.05, 3.63) is 91.0 Å². The Morgan fingerprint density at radius 3 is 0.560 bits per heavy atom. The van der Waals surface area contributed by atoms with E-state index in [9.17, 15) is 46.8 Å². The van der Waals surface area contributed by atoms with Crippen LogP contribution in [0, 0.1) is 23.7 Å². The normalized spacial score (nSPS) is 16.6. The van der Waals surface area contributed by atoms with E-state index in [1.807, 2.05) is 0 Å². The minimum Gasteiger partial charge on any atom is -0.457 e. The quantitative estimate of drug-likeness (QED) is 0.0326. The van der Waals surface area contributed by atoms with Crippen molar-refractivity contribution in [2.75, 3.05) is 52.2 Å². The minimum atomic E-state index is -1.08. The van der Waals surface area contributed by atoms with E-state index < -0.39 is 68.9 Å². The van der Waals surface area contributed by atoms with Crippen LogP contribution in [0.25, 0.3) is 0 Å². The van der Waals surface area contributed by atoms with Gasteiger partial charge in [0.25, 0.3) is 0 Å². The number of rotatable bonds is 32. The highest BCUT2D eigenvalue weighted by atomic mass is 32.2. The van der Waals surface area contributed by atoms with Crippen LogP contribution in [0.3, 0.4) is 0 Å². The summed E-state index contributed by atoms with van der Waals surface area (Å²) in [4.78, 5) is 111. The van der Waals surface area contributed by atoms with Crippen LogP contribution in [0.1, 0.15) is 276 Å². The molecule has 0 aromatic heterocycles. The van der Waals surface area contributed by atoms with Crippen LogP contribution in [0.5, 0.6) is 46.0 Å². The molecule has 18 nitrogen and oxygen atoms in total. The fourth-order valence-corrected chi connectivity index (χ4v) is 15.2. The van der Waals surface area contributed by atoms with E-state index in [0.29, 0.717) is 93.9 Å². The Morgan fingerprint density at radius 1 is 0.300 bits per heavy atom. The molecule has 9 rings (SSSR count). The van der Waals surface area contributed by atoms with E-state index in [0.717, 1.165) is 122 Å².